The zero-order valence-corrected chi connectivity index (χ0v) is 22.0. The van der Waals surface area contributed by atoms with E-state index in [-0.39, 0.29) is 16.4 Å². The number of carbonyl (C=O) groups excluding carboxylic acids is 1. The van der Waals surface area contributed by atoms with Crippen LogP contribution in [0.5, 0.6) is 11.5 Å². The van der Waals surface area contributed by atoms with Crippen LogP contribution in [-0.2, 0) is 5.75 Å². The van der Waals surface area contributed by atoms with Crippen molar-refractivity contribution in [3.8, 4) is 28.7 Å². The summed E-state index contributed by atoms with van der Waals surface area (Å²) in [5, 5.41) is 10.1. The van der Waals surface area contributed by atoms with E-state index in [1.54, 1.807) is 60.7 Å². The van der Waals surface area contributed by atoms with Crippen LogP contribution in [0.2, 0.25) is 0 Å². The second-order valence-electron chi connectivity index (χ2n) is 8.31. The monoisotopic (exact) mass is 542 g/mol. The molecule has 1 aromatic heterocycles. The number of rotatable bonds is 10. The first kappa shape index (κ1) is 27.6. The number of allylic oxidation sites excluding steroid dienone is 1. The molecule has 0 aliphatic heterocycles. The summed E-state index contributed by atoms with van der Waals surface area (Å²) < 4.78 is 38.2. The van der Waals surface area contributed by atoms with Gasteiger partial charge in [0.05, 0.1) is 25.3 Å². The number of hydrogen-bond donors (Lipinski definition) is 0. The minimum atomic E-state index is -2.79. The van der Waals surface area contributed by atoms with Gasteiger partial charge < -0.3 is 9.47 Å². The smallest absolute Gasteiger partial charge is 0.280 e. The van der Waals surface area contributed by atoms with Gasteiger partial charge in [0.25, 0.3) is 6.43 Å². The second kappa shape index (κ2) is 12.9. The summed E-state index contributed by atoms with van der Waals surface area (Å²) in [6, 6.07) is 24.7. The third-order valence-corrected chi connectivity index (χ3v) is 6.92. The van der Waals surface area contributed by atoms with Crippen molar-refractivity contribution >= 4 is 23.6 Å². The van der Waals surface area contributed by atoms with E-state index in [9.17, 15) is 18.8 Å². The Labute approximate surface area is 229 Å². The van der Waals surface area contributed by atoms with Crippen molar-refractivity contribution < 1.29 is 23.0 Å². The van der Waals surface area contributed by atoms with E-state index in [2.05, 4.69) is 11.1 Å². The highest BCUT2D eigenvalue weighted by Gasteiger charge is 2.20. The first-order valence-corrected chi connectivity index (χ1v) is 12.9. The van der Waals surface area contributed by atoms with Crippen LogP contribution in [0.15, 0.2) is 90.0 Å². The number of halogens is 2. The van der Waals surface area contributed by atoms with Crippen molar-refractivity contribution in [2.24, 2.45) is 0 Å². The molecular formula is C31H24F2N2O3S. The third-order valence-electron chi connectivity index (χ3n) is 5.89. The Bertz CT molecular complexity index is 1550. The van der Waals surface area contributed by atoms with Crippen LogP contribution >= 0.6 is 11.8 Å². The largest absolute Gasteiger partial charge is 0.496 e. The third kappa shape index (κ3) is 6.51. The number of pyridine rings is 1. The van der Waals surface area contributed by atoms with Crippen LogP contribution in [0.25, 0.3) is 17.2 Å². The molecule has 39 heavy (non-hydrogen) atoms. The van der Waals surface area contributed by atoms with Crippen molar-refractivity contribution in [1.29, 1.82) is 5.26 Å². The van der Waals surface area contributed by atoms with Gasteiger partial charge in [0, 0.05) is 16.9 Å². The summed E-state index contributed by atoms with van der Waals surface area (Å²) in [5.74, 6) is 1.16. The van der Waals surface area contributed by atoms with Gasteiger partial charge in [0.1, 0.15) is 28.3 Å². The predicted molar refractivity (Wildman–Crippen MR) is 148 cm³/mol. The number of para-hydroxylation sites is 1. The molecule has 0 atom stereocenters. The lowest BCUT2D eigenvalue weighted by molar-refractivity contribution is 0.104. The molecule has 0 aliphatic carbocycles. The molecule has 4 aromatic rings. The summed E-state index contributed by atoms with van der Waals surface area (Å²) in [6.45, 7) is 0. The summed E-state index contributed by atoms with van der Waals surface area (Å²) in [7, 11) is 3.05. The molecule has 0 bridgehead atoms. The first-order chi connectivity index (χ1) is 18.9. The molecule has 0 aliphatic rings. The minimum Gasteiger partial charge on any atom is -0.496 e. The standard InChI is InChI=1S/C31H24F2N2O3S/c1-37-28-15-13-20(12-14-27(36)23-10-6-7-11-29(23)38-2)16-22(28)19-39-31-25(18-34)24(17-26(35-31)30(32)33)21-8-4-3-5-9-21/h3-17,30H,19H2,1-2H3/b14-12+. The number of alkyl halides is 2. The summed E-state index contributed by atoms with van der Waals surface area (Å²) in [5.41, 5.74) is 2.85. The maximum absolute atomic E-state index is 13.7. The van der Waals surface area contributed by atoms with Gasteiger partial charge in [-0.2, -0.15) is 5.26 Å². The van der Waals surface area contributed by atoms with Crippen molar-refractivity contribution in [2.45, 2.75) is 17.2 Å². The number of hydrogen-bond acceptors (Lipinski definition) is 6. The molecule has 3 aromatic carbocycles. The van der Waals surface area contributed by atoms with Crippen LogP contribution < -0.4 is 9.47 Å². The first-order valence-electron chi connectivity index (χ1n) is 11.9. The molecule has 1 heterocycles. The second-order valence-corrected chi connectivity index (χ2v) is 9.28. The predicted octanol–water partition coefficient (Wildman–Crippen LogP) is 7.76. The van der Waals surface area contributed by atoms with Gasteiger partial charge in [-0.05, 0) is 47.5 Å². The van der Waals surface area contributed by atoms with Crippen molar-refractivity contribution in [3.05, 3.63) is 113 Å². The van der Waals surface area contributed by atoms with E-state index in [1.165, 1.54) is 38.1 Å². The Morgan fingerprint density at radius 2 is 1.72 bits per heavy atom. The Morgan fingerprint density at radius 1 is 1.00 bits per heavy atom. The Hall–Kier alpha value is -4.48. The molecule has 4 rings (SSSR count). The van der Waals surface area contributed by atoms with Crippen LogP contribution in [-0.4, -0.2) is 25.0 Å². The number of aromatic nitrogens is 1. The number of methoxy groups -OCH3 is 2. The van der Waals surface area contributed by atoms with Crippen molar-refractivity contribution in [3.63, 3.8) is 0 Å². The Morgan fingerprint density at radius 3 is 2.41 bits per heavy atom. The van der Waals surface area contributed by atoms with Crippen LogP contribution in [0.4, 0.5) is 8.78 Å². The number of ketones is 1. The lowest BCUT2D eigenvalue weighted by Gasteiger charge is -2.13. The number of ether oxygens (including phenoxy) is 2. The number of benzene rings is 3. The fourth-order valence-electron chi connectivity index (χ4n) is 3.98. The lowest BCUT2D eigenvalue weighted by atomic mass is 10.0. The Balaban J connectivity index is 1.63. The molecule has 0 spiro atoms. The molecule has 0 radical (unpaired) electrons. The van der Waals surface area contributed by atoms with Gasteiger partial charge in [-0.1, -0.05) is 54.6 Å². The number of carbonyl (C=O) groups is 1. The molecule has 0 amide bonds. The summed E-state index contributed by atoms with van der Waals surface area (Å²) in [6.07, 6.45) is 0.361. The molecule has 8 heteroatoms. The molecule has 0 fully saturated rings. The average molecular weight is 543 g/mol. The molecule has 0 unspecified atom stereocenters. The molecule has 0 N–H and O–H groups in total. The molecule has 5 nitrogen and oxygen atoms in total. The van der Waals surface area contributed by atoms with Gasteiger partial charge in [-0.15, -0.1) is 11.8 Å². The zero-order chi connectivity index (χ0) is 27.8. The Kier molecular flexibility index (Phi) is 9.08. The highest BCUT2D eigenvalue weighted by molar-refractivity contribution is 7.98. The molecule has 0 saturated carbocycles. The van der Waals surface area contributed by atoms with E-state index in [0.717, 1.165) is 11.1 Å². The topological polar surface area (TPSA) is 72.2 Å². The summed E-state index contributed by atoms with van der Waals surface area (Å²) in [4.78, 5) is 16.8. The maximum Gasteiger partial charge on any atom is 0.280 e. The highest BCUT2D eigenvalue weighted by Crippen LogP contribution is 2.36. The average Bonchev–Trinajstić information content (AvgIpc) is 2.98. The van der Waals surface area contributed by atoms with Gasteiger partial charge in [0.2, 0.25) is 0 Å². The number of nitrogens with zero attached hydrogens (tertiary/aromatic N) is 2. The fourth-order valence-corrected chi connectivity index (χ4v) is 4.97. The van der Waals surface area contributed by atoms with E-state index in [4.69, 9.17) is 9.47 Å². The SMILES string of the molecule is COc1ccc(/C=C/C(=O)c2ccccc2OC)cc1CSc1nc(C(F)F)cc(-c2ccccc2)c1C#N. The number of nitriles is 1. The van der Waals surface area contributed by atoms with E-state index in [0.29, 0.717) is 33.9 Å². The zero-order valence-electron chi connectivity index (χ0n) is 21.2. The van der Waals surface area contributed by atoms with Crippen molar-refractivity contribution in [1.82, 2.24) is 4.98 Å². The van der Waals surface area contributed by atoms with E-state index in [1.807, 2.05) is 18.2 Å². The molecule has 0 saturated heterocycles. The van der Waals surface area contributed by atoms with E-state index < -0.39 is 12.1 Å². The number of thioether (sulfide) groups is 1. The normalized spacial score (nSPS) is 11.0. The van der Waals surface area contributed by atoms with Crippen LogP contribution in [0, 0.1) is 11.3 Å². The van der Waals surface area contributed by atoms with Gasteiger partial charge >= 0.3 is 0 Å². The fraction of sp³-hybridized carbons (Fsp3) is 0.129. The van der Waals surface area contributed by atoms with Crippen molar-refractivity contribution in [2.75, 3.05) is 14.2 Å². The molecule has 196 valence electrons. The van der Waals surface area contributed by atoms with Gasteiger partial charge in [-0.3, -0.25) is 4.79 Å². The highest BCUT2D eigenvalue weighted by atomic mass is 32.2. The lowest BCUT2D eigenvalue weighted by Crippen LogP contribution is -2.00. The maximum atomic E-state index is 13.7. The summed E-state index contributed by atoms with van der Waals surface area (Å²) >= 11 is 1.18. The minimum absolute atomic E-state index is 0.209. The van der Waals surface area contributed by atoms with Crippen LogP contribution in [0.3, 0.4) is 0 Å². The quantitative estimate of drug-likeness (QED) is 0.116. The molecular weight excluding hydrogens is 518 g/mol. The van der Waals surface area contributed by atoms with E-state index >= 15 is 0 Å². The van der Waals surface area contributed by atoms with Crippen LogP contribution in [0.1, 0.15) is 39.2 Å². The van der Waals surface area contributed by atoms with Gasteiger partial charge in [-0.25, -0.2) is 13.8 Å². The van der Waals surface area contributed by atoms with Gasteiger partial charge in [0.15, 0.2) is 5.78 Å².